The summed E-state index contributed by atoms with van der Waals surface area (Å²) in [5.41, 5.74) is 0.730. The summed E-state index contributed by atoms with van der Waals surface area (Å²) < 4.78 is 69.4. The molecule has 3 heterocycles. The lowest BCUT2D eigenvalue weighted by atomic mass is 9.73. The van der Waals surface area contributed by atoms with Gasteiger partial charge in [0.1, 0.15) is 21.5 Å². The van der Waals surface area contributed by atoms with Crippen molar-refractivity contribution in [3.05, 3.63) is 45.5 Å². The van der Waals surface area contributed by atoms with E-state index in [1.807, 2.05) is 0 Å². The third kappa shape index (κ3) is 4.59. The summed E-state index contributed by atoms with van der Waals surface area (Å²) in [4.78, 5) is 29.2. The van der Waals surface area contributed by atoms with Crippen molar-refractivity contribution in [1.29, 1.82) is 0 Å². The first kappa shape index (κ1) is 26.8. The number of thiophene rings is 1. The number of carbonyl (C=O) groups is 2. The van der Waals surface area contributed by atoms with Gasteiger partial charge in [-0.3, -0.25) is 9.59 Å². The normalized spacial score (nSPS) is 29.2. The highest BCUT2D eigenvalue weighted by molar-refractivity contribution is 7.91. The van der Waals surface area contributed by atoms with Crippen molar-refractivity contribution < 1.29 is 30.8 Å². The van der Waals surface area contributed by atoms with Gasteiger partial charge in [-0.1, -0.05) is 17.7 Å². The first-order valence-electron chi connectivity index (χ1n) is 12.3. The summed E-state index contributed by atoms with van der Waals surface area (Å²) in [6, 6.07) is 3.58. The molecular weight excluding hydrogens is 591 g/mol. The fourth-order valence-electron chi connectivity index (χ4n) is 6.53. The Bertz CT molecular complexity index is 1660. The van der Waals surface area contributed by atoms with Crippen LogP contribution in [-0.4, -0.2) is 51.6 Å². The van der Waals surface area contributed by atoms with Gasteiger partial charge < -0.3 is 10.2 Å². The molecule has 10 nitrogen and oxygen atoms in total. The zero-order valence-electron chi connectivity index (χ0n) is 20.6. The maximum atomic E-state index is 14.0. The van der Waals surface area contributed by atoms with Crippen LogP contribution in [0.15, 0.2) is 32.9 Å². The molecule has 2 aromatic rings. The Kier molecular flexibility index (Phi) is 6.42. The average Bonchev–Trinajstić information content (AvgIpc) is 3.56. The number of anilines is 1. The van der Waals surface area contributed by atoms with Crippen molar-refractivity contribution in [1.82, 2.24) is 9.62 Å². The number of nitrogens with zero attached hydrogens (tertiary/aromatic N) is 2. The van der Waals surface area contributed by atoms with E-state index in [4.69, 9.17) is 11.6 Å². The van der Waals surface area contributed by atoms with E-state index in [0.29, 0.717) is 5.56 Å². The molecule has 2 saturated carbocycles. The highest BCUT2D eigenvalue weighted by Gasteiger charge is 2.61. The van der Waals surface area contributed by atoms with E-state index >= 15 is 0 Å². The SMILES string of the molecule is CS(=O)(=O)NCc1csc2c1S(=O)(=O)N=C(C1C(=O)[C@@H]3[C@@H]4CC[C@@H](C4)[C@@H]3N(Cc3ccc(F)cc3Cl)C1=O)N2. The van der Waals surface area contributed by atoms with Crippen LogP contribution in [0.2, 0.25) is 5.02 Å². The number of benzene rings is 1. The molecule has 39 heavy (non-hydrogen) atoms. The van der Waals surface area contributed by atoms with Crippen molar-refractivity contribution >= 4 is 65.5 Å². The number of amides is 1. The number of ketones is 1. The number of hydrogen-bond acceptors (Lipinski definition) is 8. The van der Waals surface area contributed by atoms with E-state index in [1.165, 1.54) is 23.6 Å². The summed E-state index contributed by atoms with van der Waals surface area (Å²) >= 11 is 7.30. The van der Waals surface area contributed by atoms with Gasteiger partial charge in [-0.05, 0) is 54.2 Å². The molecule has 4 aliphatic rings. The van der Waals surface area contributed by atoms with E-state index in [0.717, 1.165) is 36.9 Å². The van der Waals surface area contributed by atoms with Gasteiger partial charge in [-0.2, -0.15) is 8.42 Å². The molecule has 0 spiro atoms. The molecule has 208 valence electrons. The highest BCUT2D eigenvalue weighted by Crippen LogP contribution is 2.54. The zero-order chi connectivity index (χ0) is 27.9. The van der Waals surface area contributed by atoms with E-state index in [-0.39, 0.29) is 63.1 Å². The lowest BCUT2D eigenvalue weighted by Gasteiger charge is -2.45. The topological polar surface area (TPSA) is 142 Å². The number of amidine groups is 1. The van der Waals surface area contributed by atoms with Crippen LogP contribution in [0.1, 0.15) is 30.4 Å². The molecule has 2 N–H and O–H groups in total. The van der Waals surface area contributed by atoms with Gasteiger partial charge in [0.15, 0.2) is 11.7 Å². The molecule has 2 bridgehead atoms. The van der Waals surface area contributed by atoms with Crippen molar-refractivity contribution in [2.45, 2.75) is 43.3 Å². The summed E-state index contributed by atoms with van der Waals surface area (Å²) in [5, 5.41) is 4.71. The lowest BCUT2D eigenvalue weighted by Crippen LogP contribution is -2.61. The minimum absolute atomic E-state index is 0.0533. The van der Waals surface area contributed by atoms with Crippen LogP contribution in [-0.2, 0) is 42.7 Å². The number of piperidine rings is 1. The van der Waals surface area contributed by atoms with Crippen molar-refractivity contribution in [3.8, 4) is 0 Å². The van der Waals surface area contributed by atoms with Crippen molar-refractivity contribution in [2.24, 2.45) is 28.1 Å². The molecule has 6 rings (SSSR count). The molecular formula is C24H24ClFN4O6S3. The standard InChI is InChI=1S/C24H24ClFN4O6S3/c1-38(33,34)27-8-14-10-37-23-21(14)39(35,36)29-22(28-23)18-20(31)17-11-2-3-12(6-11)19(17)30(24(18)32)9-13-4-5-15(26)7-16(13)25/h4-5,7,10-12,17-19,27H,2-3,6,8-9H2,1H3,(H,28,29)/t11-,12+,17-,18?,19+/m1/s1. The smallest absolute Gasteiger partial charge is 0.287 e. The van der Waals surface area contributed by atoms with E-state index in [9.17, 15) is 30.8 Å². The molecule has 15 heteroatoms. The van der Waals surface area contributed by atoms with Crippen LogP contribution in [0.5, 0.6) is 0 Å². The van der Waals surface area contributed by atoms with Crippen LogP contribution in [0, 0.1) is 29.5 Å². The number of rotatable bonds is 6. The largest absolute Gasteiger partial charge is 0.333 e. The molecule has 2 aliphatic carbocycles. The monoisotopic (exact) mass is 614 g/mol. The minimum Gasteiger partial charge on any atom is -0.333 e. The van der Waals surface area contributed by atoms with Crippen LogP contribution >= 0.6 is 22.9 Å². The van der Waals surface area contributed by atoms with Crippen molar-refractivity contribution in [2.75, 3.05) is 11.6 Å². The summed E-state index contributed by atoms with van der Waals surface area (Å²) in [5.74, 6) is -3.38. The van der Waals surface area contributed by atoms with E-state index < -0.39 is 43.6 Å². The Morgan fingerprint density at radius 3 is 2.69 bits per heavy atom. The quantitative estimate of drug-likeness (QED) is 0.477. The third-order valence-electron chi connectivity index (χ3n) is 8.06. The lowest BCUT2D eigenvalue weighted by molar-refractivity contribution is -0.153. The number of nitrogens with one attached hydrogen (secondary N) is 2. The summed E-state index contributed by atoms with van der Waals surface area (Å²) in [7, 11) is -7.93. The number of fused-ring (bicyclic) bond motifs is 6. The maximum absolute atomic E-state index is 14.0. The Hall–Kier alpha value is -2.39. The first-order chi connectivity index (χ1) is 18.3. The van der Waals surface area contributed by atoms with Gasteiger partial charge in [0.25, 0.3) is 10.0 Å². The van der Waals surface area contributed by atoms with Gasteiger partial charge in [-0.15, -0.1) is 15.7 Å². The Balaban J connectivity index is 1.37. The second kappa shape index (κ2) is 9.33. The van der Waals surface area contributed by atoms with Gasteiger partial charge in [0.05, 0.1) is 6.26 Å². The van der Waals surface area contributed by atoms with Crippen LogP contribution < -0.4 is 10.0 Å². The fourth-order valence-corrected chi connectivity index (χ4v) is 9.82. The van der Waals surface area contributed by atoms with Crippen LogP contribution in [0.3, 0.4) is 0 Å². The summed E-state index contributed by atoms with van der Waals surface area (Å²) in [6.07, 6.45) is 3.51. The second-order valence-electron chi connectivity index (χ2n) is 10.5. The number of Topliss-reactive ketones (excluding diaryl/α,β-unsaturated/α-hetero) is 1. The molecule has 5 atom stereocenters. The Labute approximate surface area is 233 Å². The maximum Gasteiger partial charge on any atom is 0.287 e. The van der Waals surface area contributed by atoms with Gasteiger partial charge in [0.2, 0.25) is 15.9 Å². The van der Waals surface area contributed by atoms with E-state index in [2.05, 4.69) is 14.4 Å². The number of sulfonamides is 2. The molecule has 1 saturated heterocycles. The third-order valence-corrected chi connectivity index (χ3v) is 11.6. The fraction of sp³-hybridized carbons (Fsp3) is 0.458. The zero-order valence-corrected chi connectivity index (χ0v) is 23.8. The molecule has 2 aliphatic heterocycles. The molecule has 3 fully saturated rings. The molecule has 1 aromatic heterocycles. The van der Waals surface area contributed by atoms with Crippen molar-refractivity contribution in [3.63, 3.8) is 0 Å². The Morgan fingerprint density at radius 1 is 1.23 bits per heavy atom. The molecule has 1 unspecified atom stereocenters. The van der Waals surface area contributed by atoms with E-state index in [1.54, 1.807) is 4.90 Å². The van der Waals surface area contributed by atoms with Gasteiger partial charge in [-0.25, -0.2) is 17.5 Å². The predicted molar refractivity (Wildman–Crippen MR) is 143 cm³/mol. The Morgan fingerprint density at radius 2 is 1.97 bits per heavy atom. The highest BCUT2D eigenvalue weighted by atomic mass is 35.5. The second-order valence-corrected chi connectivity index (χ2v) is 15.1. The van der Waals surface area contributed by atoms with Gasteiger partial charge >= 0.3 is 0 Å². The molecule has 1 amide bonds. The predicted octanol–water partition coefficient (Wildman–Crippen LogP) is 2.74. The number of halogens is 2. The average molecular weight is 615 g/mol. The van der Waals surface area contributed by atoms with Crippen LogP contribution in [0.4, 0.5) is 9.39 Å². The minimum atomic E-state index is -4.35. The number of likely N-dealkylation sites (tertiary alicyclic amines) is 1. The number of hydrogen-bond donors (Lipinski definition) is 2. The molecule has 1 aromatic carbocycles. The van der Waals surface area contributed by atoms with Crippen LogP contribution in [0.25, 0.3) is 0 Å². The summed E-state index contributed by atoms with van der Waals surface area (Å²) in [6.45, 7) is -0.200. The first-order valence-corrected chi connectivity index (χ1v) is 16.9. The number of carbonyl (C=O) groups excluding carboxylic acids is 2. The molecule has 0 radical (unpaired) electrons. The van der Waals surface area contributed by atoms with Gasteiger partial charge in [0, 0.05) is 35.6 Å².